The first-order valence-electron chi connectivity index (χ1n) is 8.02. The first-order valence-corrected chi connectivity index (χ1v) is 8.78. The molecule has 6 nitrogen and oxygen atoms in total. The number of benzene rings is 2. The second-order valence-corrected chi connectivity index (χ2v) is 6.74. The number of hydrazone groups is 1. The van der Waals surface area contributed by atoms with Crippen LogP contribution in [0, 0.1) is 13.8 Å². The second-order valence-electron chi connectivity index (χ2n) is 5.92. The Bertz CT molecular complexity index is 861. The summed E-state index contributed by atoms with van der Waals surface area (Å²) < 4.78 is 5.85. The molecule has 0 fully saturated rings. The number of hydrogen-bond donors (Lipinski definition) is 1. The molecule has 0 saturated carbocycles. The molecule has 0 heterocycles. The van der Waals surface area contributed by atoms with Gasteiger partial charge >= 0.3 is 0 Å². The number of carbonyl (C=O) groups is 2. The van der Waals surface area contributed by atoms with Crippen molar-refractivity contribution < 1.29 is 14.3 Å². The number of halogens is 2. The molecule has 2 amide bonds. The maximum Gasteiger partial charge on any atom is 0.270 e. The van der Waals surface area contributed by atoms with Gasteiger partial charge in [-0.15, -0.1) is 0 Å². The van der Waals surface area contributed by atoms with Crippen molar-refractivity contribution in [1.82, 2.24) is 10.3 Å². The standard InChI is InChI=1S/C19H19Cl2N3O3/c1-12-4-5-15(6-13(12)2)27-19-16(20)7-14(8-17(19)21)10-24(3)23-9-18(26)22-11-25/h4-9,11H,10H2,1-3H3,(H,22,25,26)/b23-9-. The van der Waals surface area contributed by atoms with Crippen LogP contribution in [0.3, 0.4) is 0 Å². The van der Waals surface area contributed by atoms with Crippen LogP contribution < -0.4 is 10.1 Å². The zero-order chi connectivity index (χ0) is 20.0. The van der Waals surface area contributed by atoms with Crippen LogP contribution >= 0.6 is 23.2 Å². The zero-order valence-electron chi connectivity index (χ0n) is 15.1. The van der Waals surface area contributed by atoms with Crippen molar-refractivity contribution in [3.05, 3.63) is 57.1 Å². The Labute approximate surface area is 167 Å². The molecule has 0 radical (unpaired) electrons. The highest BCUT2D eigenvalue weighted by molar-refractivity contribution is 6.37. The number of carbonyl (C=O) groups excluding carboxylic acids is 2. The van der Waals surface area contributed by atoms with E-state index in [4.69, 9.17) is 27.9 Å². The van der Waals surface area contributed by atoms with Crippen molar-refractivity contribution in [1.29, 1.82) is 0 Å². The molecule has 0 spiro atoms. The van der Waals surface area contributed by atoms with E-state index in [1.807, 2.05) is 37.4 Å². The second kappa shape index (κ2) is 9.39. The molecule has 27 heavy (non-hydrogen) atoms. The molecule has 1 N–H and O–H groups in total. The van der Waals surface area contributed by atoms with E-state index in [9.17, 15) is 9.59 Å². The van der Waals surface area contributed by atoms with Crippen LogP contribution in [0.25, 0.3) is 0 Å². The monoisotopic (exact) mass is 407 g/mol. The zero-order valence-corrected chi connectivity index (χ0v) is 16.6. The summed E-state index contributed by atoms with van der Waals surface area (Å²) >= 11 is 12.7. The van der Waals surface area contributed by atoms with Crippen LogP contribution in [0.2, 0.25) is 10.0 Å². The summed E-state index contributed by atoms with van der Waals surface area (Å²) in [5, 5.41) is 8.14. The molecule has 0 atom stereocenters. The Morgan fingerprint density at radius 2 is 1.85 bits per heavy atom. The van der Waals surface area contributed by atoms with Gasteiger partial charge in [-0.05, 0) is 54.8 Å². The minimum atomic E-state index is -0.606. The number of imide groups is 1. The van der Waals surface area contributed by atoms with E-state index >= 15 is 0 Å². The van der Waals surface area contributed by atoms with E-state index in [1.165, 1.54) is 10.6 Å². The molecule has 2 rings (SSSR count). The summed E-state index contributed by atoms with van der Waals surface area (Å²) in [6.07, 6.45) is 1.30. The number of aryl methyl sites for hydroxylation is 2. The van der Waals surface area contributed by atoms with Crippen molar-refractivity contribution in [3.8, 4) is 11.5 Å². The van der Waals surface area contributed by atoms with Crippen LogP contribution in [0.15, 0.2) is 35.4 Å². The highest BCUT2D eigenvalue weighted by Gasteiger charge is 2.12. The Kier molecular flexibility index (Phi) is 7.21. The average molecular weight is 408 g/mol. The minimum Gasteiger partial charge on any atom is -0.454 e. The van der Waals surface area contributed by atoms with Gasteiger partial charge in [0.05, 0.1) is 16.6 Å². The fourth-order valence-corrected chi connectivity index (χ4v) is 2.86. The van der Waals surface area contributed by atoms with Gasteiger partial charge in [-0.3, -0.25) is 19.9 Å². The van der Waals surface area contributed by atoms with Crippen molar-refractivity contribution in [2.75, 3.05) is 7.05 Å². The Morgan fingerprint density at radius 3 is 2.44 bits per heavy atom. The molecule has 0 bridgehead atoms. The average Bonchev–Trinajstić information content (AvgIpc) is 2.60. The molecule has 0 aromatic heterocycles. The molecule has 142 valence electrons. The van der Waals surface area contributed by atoms with E-state index in [0.717, 1.165) is 17.3 Å². The quantitative estimate of drug-likeness (QED) is 0.426. The number of nitrogens with one attached hydrogen (secondary N) is 1. The SMILES string of the molecule is Cc1ccc(Oc2c(Cl)cc(CN(C)/N=C\C(=O)NC=O)cc2Cl)cc1C. The predicted molar refractivity (Wildman–Crippen MR) is 107 cm³/mol. The molecular formula is C19H19Cl2N3O3. The summed E-state index contributed by atoms with van der Waals surface area (Å²) in [7, 11) is 1.67. The van der Waals surface area contributed by atoms with Gasteiger partial charge in [0.25, 0.3) is 5.91 Å². The van der Waals surface area contributed by atoms with Crippen molar-refractivity contribution in [2.24, 2.45) is 5.10 Å². The third-order valence-electron chi connectivity index (χ3n) is 3.74. The van der Waals surface area contributed by atoms with Gasteiger partial charge in [-0.25, -0.2) is 0 Å². The maximum absolute atomic E-state index is 11.2. The van der Waals surface area contributed by atoms with Crippen LogP contribution in [-0.4, -0.2) is 30.6 Å². The summed E-state index contributed by atoms with van der Waals surface area (Å²) in [6.45, 7) is 4.38. The summed E-state index contributed by atoms with van der Waals surface area (Å²) in [4.78, 5) is 21.4. The van der Waals surface area contributed by atoms with Crippen molar-refractivity contribution in [3.63, 3.8) is 0 Å². The smallest absolute Gasteiger partial charge is 0.270 e. The first-order chi connectivity index (χ1) is 12.8. The fraction of sp³-hybridized carbons (Fsp3) is 0.211. The molecule has 2 aromatic carbocycles. The Morgan fingerprint density at radius 1 is 1.19 bits per heavy atom. The molecule has 0 aliphatic rings. The van der Waals surface area contributed by atoms with Gasteiger partial charge in [0, 0.05) is 7.05 Å². The van der Waals surface area contributed by atoms with Gasteiger partial charge in [0.15, 0.2) is 5.75 Å². The topological polar surface area (TPSA) is 71.0 Å². The third kappa shape index (κ3) is 5.98. The molecule has 2 aromatic rings. The summed E-state index contributed by atoms with van der Waals surface area (Å²) in [5.74, 6) is 0.421. The van der Waals surface area contributed by atoms with E-state index in [-0.39, 0.29) is 0 Å². The largest absolute Gasteiger partial charge is 0.454 e. The van der Waals surface area contributed by atoms with Crippen LogP contribution in [0.4, 0.5) is 0 Å². The molecule has 0 saturated heterocycles. The van der Waals surface area contributed by atoms with Gasteiger partial charge < -0.3 is 4.74 Å². The maximum atomic E-state index is 11.2. The Balaban J connectivity index is 2.12. The van der Waals surface area contributed by atoms with E-state index < -0.39 is 5.91 Å². The number of ether oxygens (including phenoxy) is 1. The first kappa shape index (κ1) is 20.7. The lowest BCUT2D eigenvalue weighted by atomic mass is 10.1. The molecular weight excluding hydrogens is 389 g/mol. The number of hydrogen-bond acceptors (Lipinski definition) is 5. The van der Waals surface area contributed by atoms with E-state index in [0.29, 0.717) is 34.5 Å². The number of amides is 2. The van der Waals surface area contributed by atoms with Gasteiger partial charge in [0.2, 0.25) is 6.41 Å². The normalized spacial score (nSPS) is 10.7. The van der Waals surface area contributed by atoms with Crippen molar-refractivity contribution >= 4 is 41.7 Å². The highest BCUT2D eigenvalue weighted by atomic mass is 35.5. The lowest BCUT2D eigenvalue weighted by molar-refractivity contribution is -0.120. The minimum absolute atomic E-state index is 0.294. The highest BCUT2D eigenvalue weighted by Crippen LogP contribution is 2.38. The third-order valence-corrected chi connectivity index (χ3v) is 4.30. The van der Waals surface area contributed by atoms with Crippen LogP contribution in [0.5, 0.6) is 11.5 Å². The van der Waals surface area contributed by atoms with Gasteiger partial charge in [-0.1, -0.05) is 29.3 Å². The van der Waals surface area contributed by atoms with E-state index in [1.54, 1.807) is 19.2 Å². The summed E-state index contributed by atoms with van der Waals surface area (Å²) in [5.41, 5.74) is 3.06. The lowest BCUT2D eigenvalue weighted by Gasteiger charge is -2.16. The molecule has 0 aliphatic carbocycles. The van der Waals surface area contributed by atoms with Gasteiger partial charge in [0.1, 0.15) is 12.0 Å². The molecule has 0 unspecified atom stereocenters. The summed E-state index contributed by atoms with van der Waals surface area (Å²) in [6, 6.07) is 9.19. The van der Waals surface area contributed by atoms with Gasteiger partial charge in [-0.2, -0.15) is 5.10 Å². The predicted octanol–water partition coefficient (Wildman–Crippen LogP) is 4.09. The molecule has 8 heteroatoms. The van der Waals surface area contributed by atoms with Crippen molar-refractivity contribution in [2.45, 2.75) is 20.4 Å². The van der Waals surface area contributed by atoms with E-state index in [2.05, 4.69) is 5.10 Å². The lowest BCUT2D eigenvalue weighted by Crippen LogP contribution is -2.23. The molecule has 0 aliphatic heterocycles. The van der Waals surface area contributed by atoms with Crippen LogP contribution in [0.1, 0.15) is 16.7 Å². The number of rotatable bonds is 7. The number of nitrogens with zero attached hydrogens (tertiary/aromatic N) is 2. The fourth-order valence-electron chi connectivity index (χ4n) is 2.25. The Hall–Kier alpha value is -2.57. The van der Waals surface area contributed by atoms with Crippen LogP contribution in [-0.2, 0) is 16.1 Å².